The van der Waals surface area contributed by atoms with Crippen LogP contribution < -0.4 is 5.73 Å². The monoisotopic (exact) mass is 374 g/mol. The molecule has 1 saturated heterocycles. The van der Waals surface area contributed by atoms with Gasteiger partial charge in [-0.2, -0.15) is 4.31 Å². The van der Waals surface area contributed by atoms with Crippen molar-refractivity contribution in [1.82, 2.24) is 14.5 Å². The van der Waals surface area contributed by atoms with Crippen LogP contribution in [0.4, 0.5) is 5.13 Å². The van der Waals surface area contributed by atoms with Crippen LogP contribution in [0.25, 0.3) is 10.8 Å². The first-order valence-electron chi connectivity index (χ1n) is 8.12. The van der Waals surface area contributed by atoms with Crippen molar-refractivity contribution in [2.24, 2.45) is 0 Å². The number of hydrogen-bond acceptors (Lipinski definition) is 6. The highest BCUT2D eigenvalue weighted by molar-refractivity contribution is 7.89. The summed E-state index contributed by atoms with van der Waals surface area (Å²) in [5.41, 5.74) is 5.66. The molecule has 1 fully saturated rings. The molecule has 2 aromatic carbocycles. The molecule has 25 heavy (non-hydrogen) atoms. The molecular weight excluding hydrogens is 356 g/mol. The maximum Gasteiger partial charge on any atom is 0.243 e. The molecule has 2 heterocycles. The van der Waals surface area contributed by atoms with E-state index in [9.17, 15) is 8.42 Å². The Morgan fingerprint density at radius 2 is 1.92 bits per heavy atom. The van der Waals surface area contributed by atoms with Crippen molar-refractivity contribution in [3.8, 4) is 0 Å². The molecule has 0 spiro atoms. The molecule has 1 unspecified atom stereocenters. The molecule has 3 aromatic rings. The molecule has 6 nitrogen and oxygen atoms in total. The Hall–Kier alpha value is -2.03. The fourth-order valence-electron chi connectivity index (χ4n) is 3.25. The van der Waals surface area contributed by atoms with Crippen molar-refractivity contribution in [1.29, 1.82) is 0 Å². The average molecular weight is 374 g/mol. The van der Waals surface area contributed by atoms with Gasteiger partial charge in [0.05, 0.1) is 4.90 Å². The summed E-state index contributed by atoms with van der Waals surface area (Å²) in [6, 6.07) is 13.0. The maximum atomic E-state index is 13.1. The normalized spacial score (nSPS) is 19.3. The van der Waals surface area contributed by atoms with Gasteiger partial charge in [-0.3, -0.25) is 0 Å². The van der Waals surface area contributed by atoms with Crippen LogP contribution in [0.5, 0.6) is 0 Å². The van der Waals surface area contributed by atoms with Gasteiger partial charge >= 0.3 is 0 Å². The quantitative estimate of drug-likeness (QED) is 0.761. The Morgan fingerprint density at radius 1 is 1.12 bits per heavy atom. The van der Waals surface area contributed by atoms with Gasteiger partial charge in [0, 0.05) is 19.0 Å². The maximum absolute atomic E-state index is 13.1. The van der Waals surface area contributed by atoms with Crippen LogP contribution in [0, 0.1) is 0 Å². The van der Waals surface area contributed by atoms with E-state index in [-0.39, 0.29) is 5.92 Å². The Morgan fingerprint density at radius 3 is 2.68 bits per heavy atom. The topological polar surface area (TPSA) is 89.2 Å². The third kappa shape index (κ3) is 3.12. The first-order chi connectivity index (χ1) is 12.0. The molecule has 0 aliphatic carbocycles. The molecule has 0 radical (unpaired) electrons. The molecule has 130 valence electrons. The SMILES string of the molecule is Nc1nnc(C2CCCN(S(=O)(=O)c3ccc4ccccc4c3)C2)s1. The van der Waals surface area contributed by atoms with Crippen LogP contribution in [0.1, 0.15) is 23.8 Å². The van der Waals surface area contributed by atoms with Crippen molar-refractivity contribution in [3.63, 3.8) is 0 Å². The fourth-order valence-corrected chi connectivity index (χ4v) is 5.55. The number of fused-ring (bicyclic) bond motifs is 1. The first kappa shape index (κ1) is 16.4. The highest BCUT2D eigenvalue weighted by atomic mass is 32.2. The van der Waals surface area contributed by atoms with Crippen LogP contribution in [0.3, 0.4) is 0 Å². The zero-order chi connectivity index (χ0) is 17.4. The minimum Gasteiger partial charge on any atom is -0.374 e. The second kappa shape index (κ2) is 6.36. The lowest BCUT2D eigenvalue weighted by Gasteiger charge is -2.30. The van der Waals surface area contributed by atoms with Gasteiger partial charge in [-0.1, -0.05) is 41.7 Å². The molecule has 0 amide bonds. The Bertz CT molecular complexity index is 1020. The predicted octanol–water partition coefficient (Wildman–Crippen LogP) is 2.84. The average Bonchev–Trinajstić information content (AvgIpc) is 3.08. The van der Waals surface area contributed by atoms with Crippen molar-refractivity contribution in [2.75, 3.05) is 18.8 Å². The van der Waals surface area contributed by atoms with Gasteiger partial charge < -0.3 is 5.73 Å². The second-order valence-corrected chi connectivity index (χ2v) is 9.17. The zero-order valence-corrected chi connectivity index (χ0v) is 15.1. The summed E-state index contributed by atoms with van der Waals surface area (Å²) < 4.78 is 27.7. The van der Waals surface area contributed by atoms with E-state index in [2.05, 4.69) is 10.2 Å². The van der Waals surface area contributed by atoms with E-state index in [4.69, 9.17) is 5.73 Å². The molecule has 0 saturated carbocycles. The first-order valence-corrected chi connectivity index (χ1v) is 10.4. The summed E-state index contributed by atoms with van der Waals surface area (Å²) in [7, 11) is -3.53. The number of piperidine rings is 1. The minimum absolute atomic E-state index is 0.0544. The molecular formula is C17H18N4O2S2. The number of nitrogens with two attached hydrogens (primary N) is 1. The molecule has 4 rings (SSSR count). The number of rotatable bonds is 3. The molecule has 1 atom stereocenters. The Balaban J connectivity index is 1.64. The van der Waals surface area contributed by atoms with Crippen LogP contribution in [-0.2, 0) is 10.0 Å². The number of hydrogen-bond donors (Lipinski definition) is 1. The minimum atomic E-state index is -3.53. The summed E-state index contributed by atoms with van der Waals surface area (Å²) in [5.74, 6) is 0.0544. The van der Waals surface area contributed by atoms with Crippen molar-refractivity contribution >= 4 is 37.3 Å². The van der Waals surface area contributed by atoms with Crippen LogP contribution in [0.15, 0.2) is 47.4 Å². The molecule has 0 bridgehead atoms. The van der Waals surface area contributed by atoms with E-state index >= 15 is 0 Å². The highest BCUT2D eigenvalue weighted by Gasteiger charge is 2.32. The van der Waals surface area contributed by atoms with E-state index < -0.39 is 10.0 Å². The van der Waals surface area contributed by atoms with Gasteiger partial charge in [0.15, 0.2) is 0 Å². The van der Waals surface area contributed by atoms with Gasteiger partial charge in [0.1, 0.15) is 5.01 Å². The van der Waals surface area contributed by atoms with E-state index in [1.807, 2.05) is 30.3 Å². The predicted molar refractivity (Wildman–Crippen MR) is 99.0 cm³/mol. The van der Waals surface area contributed by atoms with Crippen LogP contribution in [-0.4, -0.2) is 36.0 Å². The van der Waals surface area contributed by atoms with Gasteiger partial charge in [-0.15, -0.1) is 10.2 Å². The Labute approximate surface area is 150 Å². The largest absolute Gasteiger partial charge is 0.374 e. The summed E-state index contributed by atoms with van der Waals surface area (Å²) in [6.45, 7) is 0.948. The van der Waals surface area contributed by atoms with Crippen LogP contribution >= 0.6 is 11.3 Å². The lowest BCUT2D eigenvalue weighted by molar-refractivity contribution is 0.314. The van der Waals surface area contributed by atoms with Gasteiger partial charge in [-0.05, 0) is 35.7 Å². The number of nitrogens with zero attached hydrogens (tertiary/aromatic N) is 3. The summed E-state index contributed by atoms with van der Waals surface area (Å²) in [4.78, 5) is 0.337. The van der Waals surface area contributed by atoms with Crippen molar-refractivity contribution in [2.45, 2.75) is 23.7 Å². The summed E-state index contributed by atoms with van der Waals surface area (Å²) in [6.07, 6.45) is 1.70. The second-order valence-electron chi connectivity index (χ2n) is 6.19. The fraction of sp³-hybridized carbons (Fsp3) is 0.294. The number of nitrogen functional groups attached to an aromatic ring is 1. The molecule has 8 heteroatoms. The number of aromatic nitrogens is 2. The molecule has 1 aliphatic heterocycles. The lowest BCUT2D eigenvalue weighted by atomic mass is 10.0. The standard InChI is InChI=1S/C17H18N4O2S2/c18-17-20-19-16(24-17)14-6-3-9-21(11-14)25(22,23)15-8-7-12-4-1-2-5-13(12)10-15/h1-2,4-5,7-8,10,14H,3,6,9,11H2,(H2,18,20). The molecule has 1 aliphatic rings. The zero-order valence-electron chi connectivity index (χ0n) is 13.5. The summed E-state index contributed by atoms with van der Waals surface area (Å²) >= 11 is 1.34. The van der Waals surface area contributed by atoms with E-state index in [0.717, 1.165) is 28.6 Å². The third-order valence-corrected chi connectivity index (χ3v) is 7.32. The van der Waals surface area contributed by atoms with E-state index in [1.54, 1.807) is 16.4 Å². The number of anilines is 1. The lowest BCUT2D eigenvalue weighted by Crippen LogP contribution is -2.39. The molecule has 2 N–H and O–H groups in total. The van der Waals surface area contributed by atoms with Crippen molar-refractivity contribution in [3.05, 3.63) is 47.5 Å². The smallest absolute Gasteiger partial charge is 0.243 e. The Kier molecular flexibility index (Phi) is 4.18. The number of benzene rings is 2. The van der Waals surface area contributed by atoms with Crippen LogP contribution in [0.2, 0.25) is 0 Å². The van der Waals surface area contributed by atoms with E-state index in [0.29, 0.717) is 23.1 Å². The molecule has 1 aromatic heterocycles. The van der Waals surface area contributed by atoms with Gasteiger partial charge in [-0.25, -0.2) is 8.42 Å². The highest BCUT2D eigenvalue weighted by Crippen LogP contribution is 2.32. The number of sulfonamides is 1. The van der Waals surface area contributed by atoms with Crippen molar-refractivity contribution < 1.29 is 8.42 Å². The third-order valence-electron chi connectivity index (χ3n) is 4.55. The summed E-state index contributed by atoms with van der Waals surface area (Å²) in [5, 5.41) is 11.1. The van der Waals surface area contributed by atoms with Gasteiger partial charge in [0.25, 0.3) is 0 Å². The van der Waals surface area contributed by atoms with Gasteiger partial charge in [0.2, 0.25) is 15.2 Å². The van der Waals surface area contributed by atoms with E-state index in [1.165, 1.54) is 11.3 Å².